The molecule has 0 radical (unpaired) electrons. The van der Waals surface area contributed by atoms with Gasteiger partial charge in [0.1, 0.15) is 24.3 Å². The number of aryl methyl sites for hydroxylation is 1. The number of fused-ring (bicyclic) bond motifs is 1. The zero-order valence-corrected chi connectivity index (χ0v) is 14.3. The van der Waals surface area contributed by atoms with Gasteiger partial charge >= 0.3 is 0 Å². The number of nitrogens with zero attached hydrogens (tertiary/aromatic N) is 3. The summed E-state index contributed by atoms with van der Waals surface area (Å²) in [4.78, 5) is 16.0. The Hall–Kier alpha value is -3.20. The van der Waals surface area contributed by atoms with Gasteiger partial charge in [-0.1, -0.05) is 5.16 Å². The maximum atomic E-state index is 14.7. The van der Waals surface area contributed by atoms with Crippen LogP contribution in [0.5, 0.6) is 11.6 Å². The molecule has 0 fully saturated rings. The van der Waals surface area contributed by atoms with Crippen molar-refractivity contribution < 1.29 is 18.7 Å². The highest BCUT2D eigenvalue weighted by Gasteiger charge is 2.15. The number of aromatic amines is 1. The third-order valence-corrected chi connectivity index (χ3v) is 3.56. The van der Waals surface area contributed by atoms with E-state index in [4.69, 9.17) is 20.0 Å². The first-order valence-corrected chi connectivity index (χ1v) is 7.80. The summed E-state index contributed by atoms with van der Waals surface area (Å²) < 4.78 is 25.2. The molecule has 26 heavy (non-hydrogen) atoms. The number of hydrogen-bond acceptors (Lipinski definition) is 7. The lowest BCUT2D eigenvalue weighted by Gasteiger charge is -2.09. The summed E-state index contributed by atoms with van der Waals surface area (Å²) in [6.45, 7) is 2.51. The number of ether oxygens (including phenoxy) is 2. The third-order valence-electron chi connectivity index (χ3n) is 3.56. The van der Waals surface area contributed by atoms with Crippen LogP contribution in [0.2, 0.25) is 0 Å². The summed E-state index contributed by atoms with van der Waals surface area (Å²) in [6, 6.07) is 4.95. The lowest BCUT2D eigenvalue weighted by atomic mass is 10.2. The van der Waals surface area contributed by atoms with E-state index >= 15 is 0 Å². The molecule has 9 heteroatoms. The Morgan fingerprint density at radius 1 is 1.31 bits per heavy atom. The Morgan fingerprint density at radius 2 is 2.15 bits per heavy atom. The number of nitrogens with one attached hydrogen (secondary N) is 1. The van der Waals surface area contributed by atoms with E-state index in [1.807, 2.05) is 6.92 Å². The number of aromatic nitrogens is 3. The van der Waals surface area contributed by atoms with Crippen molar-refractivity contribution in [3.8, 4) is 11.6 Å². The van der Waals surface area contributed by atoms with Crippen molar-refractivity contribution in [1.29, 1.82) is 0 Å². The molecule has 3 N–H and O–H groups in total. The fraction of sp³-hybridized carbons (Fsp3) is 0.235. The third kappa shape index (κ3) is 3.72. The number of halogens is 1. The number of rotatable bonds is 7. The molecule has 0 amide bonds. The smallest absolute Gasteiger partial charge is 0.233 e. The first kappa shape index (κ1) is 17.6. The summed E-state index contributed by atoms with van der Waals surface area (Å²) in [6.07, 6.45) is 2.54. The number of benzene rings is 1. The van der Waals surface area contributed by atoms with Gasteiger partial charge in [0.15, 0.2) is 11.6 Å². The first-order chi connectivity index (χ1) is 12.6. The van der Waals surface area contributed by atoms with Crippen LogP contribution >= 0.6 is 0 Å². The van der Waals surface area contributed by atoms with Crippen LogP contribution in [0.15, 0.2) is 29.7 Å². The quantitative estimate of drug-likeness (QED) is 0.381. The predicted molar refractivity (Wildman–Crippen MR) is 94.9 cm³/mol. The van der Waals surface area contributed by atoms with Crippen LogP contribution in [-0.4, -0.2) is 41.5 Å². The average molecular weight is 359 g/mol. The molecule has 3 aromatic rings. The molecule has 2 aromatic heterocycles. The van der Waals surface area contributed by atoms with Crippen molar-refractivity contribution in [3.63, 3.8) is 0 Å². The van der Waals surface area contributed by atoms with Crippen molar-refractivity contribution in [1.82, 2.24) is 15.0 Å². The van der Waals surface area contributed by atoms with Crippen LogP contribution in [0, 0.1) is 12.7 Å². The van der Waals surface area contributed by atoms with Gasteiger partial charge in [-0.05, 0) is 25.1 Å². The van der Waals surface area contributed by atoms with Gasteiger partial charge in [0, 0.05) is 23.7 Å². The van der Waals surface area contributed by atoms with Gasteiger partial charge in [0.25, 0.3) is 0 Å². The lowest BCUT2D eigenvalue weighted by molar-refractivity contribution is 0.0759. The van der Waals surface area contributed by atoms with Crippen LogP contribution < -0.4 is 10.5 Å². The van der Waals surface area contributed by atoms with Gasteiger partial charge in [-0.2, -0.15) is 0 Å². The molecule has 0 unspecified atom stereocenters. The number of methoxy groups -OCH3 is 1. The van der Waals surface area contributed by atoms with Crippen molar-refractivity contribution in [2.45, 2.75) is 6.92 Å². The SMILES string of the molecule is COCCO/N=C/c1c(N)ncnc1Oc1ccc2[nH]c(C)cc2c1F. The molecule has 0 aliphatic rings. The molecule has 3 rings (SSSR count). The number of H-pyrrole nitrogens is 1. The molecule has 0 saturated carbocycles. The van der Waals surface area contributed by atoms with E-state index in [-0.39, 0.29) is 29.6 Å². The molecule has 0 saturated heterocycles. The molecule has 136 valence electrons. The van der Waals surface area contributed by atoms with Gasteiger partial charge in [0.2, 0.25) is 5.88 Å². The minimum Gasteiger partial charge on any atom is -0.435 e. The maximum absolute atomic E-state index is 14.7. The Bertz CT molecular complexity index is 942. The number of oxime groups is 1. The standard InChI is InChI=1S/C17H18FN5O3/c1-10-7-11-13(23-10)3-4-14(15(11)18)26-17-12(16(19)20-9-21-17)8-22-25-6-5-24-2/h3-4,7-9,23H,5-6H2,1-2H3,(H2,19,20,21)/b22-8+. The maximum Gasteiger partial charge on any atom is 0.233 e. The van der Waals surface area contributed by atoms with Gasteiger partial charge in [-0.3, -0.25) is 0 Å². The summed E-state index contributed by atoms with van der Waals surface area (Å²) in [5, 5.41) is 4.20. The Kier molecular flexibility index (Phi) is 5.28. The second-order valence-electron chi connectivity index (χ2n) is 5.43. The highest BCUT2D eigenvalue weighted by Crippen LogP contribution is 2.31. The van der Waals surface area contributed by atoms with Gasteiger partial charge in [-0.15, -0.1) is 0 Å². The normalized spacial score (nSPS) is 11.3. The van der Waals surface area contributed by atoms with Gasteiger partial charge < -0.3 is 25.0 Å². The number of nitrogen functional groups attached to an aromatic ring is 1. The predicted octanol–water partition coefficient (Wildman–Crippen LogP) is 2.78. The van der Waals surface area contributed by atoms with E-state index in [0.717, 1.165) is 5.69 Å². The zero-order valence-electron chi connectivity index (χ0n) is 14.3. The second-order valence-corrected chi connectivity index (χ2v) is 5.43. The molecule has 0 spiro atoms. The van der Waals surface area contributed by atoms with Crippen LogP contribution in [0.25, 0.3) is 10.9 Å². The van der Waals surface area contributed by atoms with E-state index in [9.17, 15) is 4.39 Å². The minimum absolute atomic E-state index is 0.0181. The van der Waals surface area contributed by atoms with Crippen LogP contribution in [0.4, 0.5) is 10.2 Å². The number of nitrogens with two attached hydrogens (primary N) is 1. The highest BCUT2D eigenvalue weighted by atomic mass is 19.1. The van der Waals surface area contributed by atoms with Crippen LogP contribution in [0.3, 0.4) is 0 Å². The van der Waals surface area contributed by atoms with Gasteiger partial charge in [-0.25, -0.2) is 14.4 Å². The number of anilines is 1. The van der Waals surface area contributed by atoms with E-state index in [1.54, 1.807) is 19.2 Å². The molecule has 8 nitrogen and oxygen atoms in total. The molecule has 2 heterocycles. The van der Waals surface area contributed by atoms with E-state index < -0.39 is 5.82 Å². The fourth-order valence-electron chi connectivity index (χ4n) is 2.33. The second kappa shape index (κ2) is 7.79. The summed E-state index contributed by atoms with van der Waals surface area (Å²) in [5.74, 6) is -0.275. The van der Waals surface area contributed by atoms with E-state index in [2.05, 4.69) is 20.1 Å². The Balaban J connectivity index is 1.88. The average Bonchev–Trinajstić information content (AvgIpc) is 3.00. The lowest BCUT2D eigenvalue weighted by Crippen LogP contribution is -2.04. The van der Waals surface area contributed by atoms with E-state index in [0.29, 0.717) is 17.5 Å². The summed E-state index contributed by atoms with van der Waals surface area (Å²) in [5.41, 5.74) is 7.67. The Morgan fingerprint density at radius 3 is 2.96 bits per heavy atom. The fourth-order valence-corrected chi connectivity index (χ4v) is 2.33. The Labute approximate surface area is 148 Å². The van der Waals surface area contributed by atoms with Crippen molar-refractivity contribution in [2.24, 2.45) is 5.16 Å². The largest absolute Gasteiger partial charge is 0.435 e. The van der Waals surface area contributed by atoms with E-state index in [1.165, 1.54) is 18.6 Å². The van der Waals surface area contributed by atoms with Crippen LogP contribution in [-0.2, 0) is 9.57 Å². The van der Waals surface area contributed by atoms with Crippen molar-refractivity contribution in [2.75, 3.05) is 26.1 Å². The molecule has 0 bridgehead atoms. The summed E-state index contributed by atoms with van der Waals surface area (Å²) in [7, 11) is 1.55. The minimum atomic E-state index is -0.497. The van der Waals surface area contributed by atoms with Gasteiger partial charge in [0.05, 0.1) is 12.8 Å². The van der Waals surface area contributed by atoms with Crippen molar-refractivity contribution in [3.05, 3.63) is 41.6 Å². The molecular formula is C17H18FN5O3. The molecule has 0 aliphatic heterocycles. The molecule has 0 atom stereocenters. The summed E-state index contributed by atoms with van der Waals surface area (Å²) >= 11 is 0. The molecule has 0 aliphatic carbocycles. The highest BCUT2D eigenvalue weighted by molar-refractivity contribution is 5.88. The number of hydrogen-bond donors (Lipinski definition) is 2. The molecular weight excluding hydrogens is 341 g/mol. The molecule has 1 aromatic carbocycles. The monoisotopic (exact) mass is 359 g/mol. The van der Waals surface area contributed by atoms with Crippen LogP contribution in [0.1, 0.15) is 11.3 Å². The zero-order chi connectivity index (χ0) is 18.5. The topological polar surface area (TPSA) is 108 Å². The van der Waals surface area contributed by atoms with Crippen molar-refractivity contribution >= 4 is 22.9 Å². The first-order valence-electron chi connectivity index (χ1n) is 7.80.